The molecule has 6 heteroatoms. The van der Waals surface area contributed by atoms with Crippen LogP contribution >= 0.6 is 23.1 Å². The Bertz CT molecular complexity index is 443. The van der Waals surface area contributed by atoms with E-state index in [9.17, 15) is 9.90 Å². The number of aromatic carboxylic acids is 1. The van der Waals surface area contributed by atoms with Crippen LogP contribution in [0, 0.1) is 0 Å². The molecule has 1 fully saturated rings. The van der Waals surface area contributed by atoms with Crippen LogP contribution in [0.1, 0.15) is 41.0 Å². The van der Waals surface area contributed by atoms with Gasteiger partial charge in [-0.15, -0.1) is 0 Å². The number of nitrogens with zero attached hydrogens (tertiary/aromatic N) is 2. The molecule has 1 heterocycles. The van der Waals surface area contributed by atoms with Crippen LogP contribution in [0.4, 0.5) is 5.13 Å². The van der Waals surface area contributed by atoms with Crippen LogP contribution in [-0.2, 0) is 0 Å². The molecule has 0 bridgehead atoms. The molecular weight excluding hydrogens is 268 g/mol. The molecule has 1 unspecified atom stereocenters. The average molecular weight is 286 g/mol. The minimum absolute atomic E-state index is 0.361. The van der Waals surface area contributed by atoms with Gasteiger partial charge in [0.05, 0.1) is 5.69 Å². The third kappa shape index (κ3) is 2.80. The smallest absolute Gasteiger partial charge is 0.347 e. The van der Waals surface area contributed by atoms with Crippen molar-refractivity contribution in [3.8, 4) is 0 Å². The third-order valence-electron chi connectivity index (χ3n) is 3.17. The zero-order valence-electron chi connectivity index (χ0n) is 10.8. The molecule has 1 aliphatic carbocycles. The summed E-state index contributed by atoms with van der Waals surface area (Å²) in [6, 6.07) is 0.361. The van der Waals surface area contributed by atoms with Crippen molar-refractivity contribution >= 4 is 34.2 Å². The number of hydrogen-bond acceptors (Lipinski definition) is 5. The fraction of sp³-hybridized carbons (Fsp3) is 0.667. The van der Waals surface area contributed by atoms with Gasteiger partial charge in [-0.3, -0.25) is 0 Å². The van der Waals surface area contributed by atoms with Gasteiger partial charge in [0.15, 0.2) is 5.13 Å². The van der Waals surface area contributed by atoms with E-state index in [1.54, 1.807) is 11.8 Å². The molecule has 0 amide bonds. The topological polar surface area (TPSA) is 53.4 Å². The molecule has 4 nitrogen and oxygen atoms in total. The van der Waals surface area contributed by atoms with Crippen molar-refractivity contribution in [1.82, 2.24) is 4.98 Å². The van der Waals surface area contributed by atoms with Gasteiger partial charge in [0.25, 0.3) is 0 Å². The Morgan fingerprint density at radius 1 is 1.67 bits per heavy atom. The Morgan fingerprint density at radius 3 is 2.83 bits per heavy atom. The highest BCUT2D eigenvalue weighted by Gasteiger charge is 2.33. The number of hydrogen-bond donors (Lipinski definition) is 1. The van der Waals surface area contributed by atoms with Gasteiger partial charge in [-0.25, -0.2) is 9.78 Å². The summed E-state index contributed by atoms with van der Waals surface area (Å²) in [6.07, 6.45) is 4.23. The first-order valence-corrected chi connectivity index (χ1v) is 8.21. The normalized spacial score (nSPS) is 16.6. The molecule has 1 N–H and O–H groups in total. The van der Waals surface area contributed by atoms with E-state index in [4.69, 9.17) is 0 Å². The minimum Gasteiger partial charge on any atom is -0.477 e. The molecule has 1 atom stereocenters. The van der Waals surface area contributed by atoms with Crippen LogP contribution < -0.4 is 4.90 Å². The lowest BCUT2D eigenvalue weighted by Gasteiger charge is -2.23. The van der Waals surface area contributed by atoms with Gasteiger partial charge in [0, 0.05) is 24.8 Å². The van der Waals surface area contributed by atoms with Crippen LogP contribution in [0.3, 0.4) is 0 Å². The summed E-state index contributed by atoms with van der Waals surface area (Å²) in [7, 11) is 1.99. The van der Waals surface area contributed by atoms with Crippen molar-refractivity contribution in [3.63, 3.8) is 0 Å². The Labute approximate surface area is 115 Å². The van der Waals surface area contributed by atoms with Crippen LogP contribution in [0.2, 0.25) is 0 Å². The molecule has 0 aromatic carbocycles. The quantitative estimate of drug-likeness (QED) is 0.871. The molecule has 1 aromatic rings. The number of carboxylic acids is 1. The Hall–Kier alpha value is -0.750. The number of thiazole rings is 1. The van der Waals surface area contributed by atoms with E-state index >= 15 is 0 Å². The maximum atomic E-state index is 11.2. The first-order chi connectivity index (χ1) is 8.54. The zero-order valence-corrected chi connectivity index (χ0v) is 12.5. The molecule has 0 aliphatic heterocycles. The molecular formula is C12H18N2O2S2. The molecule has 1 aromatic heterocycles. The lowest BCUT2D eigenvalue weighted by atomic mass is 10.2. The van der Waals surface area contributed by atoms with Gasteiger partial charge < -0.3 is 10.0 Å². The molecule has 18 heavy (non-hydrogen) atoms. The van der Waals surface area contributed by atoms with Gasteiger partial charge in [-0.05, 0) is 26.0 Å². The first kappa shape index (κ1) is 13.7. The molecule has 100 valence electrons. The standard InChI is InChI=1S/C12H18N2O2S2/c1-7(6-17-3)14(2)12-13-9(8-4-5-8)10(18-12)11(15)16/h7-8H,4-6H2,1-3H3,(H,15,16). The zero-order chi connectivity index (χ0) is 13.3. The van der Waals surface area contributed by atoms with Gasteiger partial charge >= 0.3 is 5.97 Å². The van der Waals surface area contributed by atoms with Gasteiger partial charge in [-0.2, -0.15) is 11.8 Å². The van der Waals surface area contributed by atoms with Crippen molar-refractivity contribution in [2.24, 2.45) is 0 Å². The Morgan fingerprint density at radius 2 is 2.33 bits per heavy atom. The van der Waals surface area contributed by atoms with Crippen molar-refractivity contribution in [2.75, 3.05) is 24.0 Å². The number of anilines is 1. The predicted octanol–water partition coefficient (Wildman–Crippen LogP) is 2.91. The average Bonchev–Trinajstić information content (AvgIpc) is 3.07. The monoisotopic (exact) mass is 286 g/mol. The lowest BCUT2D eigenvalue weighted by Crippen LogP contribution is -2.30. The van der Waals surface area contributed by atoms with E-state index in [1.807, 2.05) is 7.05 Å². The summed E-state index contributed by atoms with van der Waals surface area (Å²) in [5, 5.41) is 10.1. The van der Waals surface area contributed by atoms with Crippen molar-refractivity contribution in [2.45, 2.75) is 31.7 Å². The summed E-state index contributed by atoms with van der Waals surface area (Å²) in [5.74, 6) is 0.550. The van der Waals surface area contributed by atoms with Crippen molar-refractivity contribution < 1.29 is 9.90 Å². The molecule has 0 spiro atoms. The van der Waals surface area contributed by atoms with E-state index in [0.717, 1.165) is 29.4 Å². The minimum atomic E-state index is -0.841. The number of carboxylic acid groups (broad SMARTS) is 1. The summed E-state index contributed by atoms with van der Waals surface area (Å²) >= 11 is 3.09. The third-order valence-corrected chi connectivity index (χ3v) is 5.14. The maximum absolute atomic E-state index is 11.2. The number of thioether (sulfide) groups is 1. The van der Waals surface area contributed by atoms with Gasteiger partial charge in [-0.1, -0.05) is 11.3 Å². The Balaban J connectivity index is 2.23. The molecule has 1 aliphatic rings. The summed E-state index contributed by atoms with van der Waals surface area (Å²) in [5.41, 5.74) is 0.797. The number of aromatic nitrogens is 1. The second-order valence-corrected chi connectivity index (χ2v) is 6.59. The van der Waals surface area contributed by atoms with Gasteiger partial charge in [0.2, 0.25) is 0 Å². The van der Waals surface area contributed by atoms with E-state index in [-0.39, 0.29) is 0 Å². The fourth-order valence-corrected chi connectivity index (χ4v) is 3.56. The number of rotatable bonds is 6. The second-order valence-electron chi connectivity index (χ2n) is 4.71. The van der Waals surface area contributed by atoms with E-state index < -0.39 is 5.97 Å². The summed E-state index contributed by atoms with van der Waals surface area (Å²) in [6.45, 7) is 2.13. The summed E-state index contributed by atoms with van der Waals surface area (Å²) < 4.78 is 0. The van der Waals surface area contributed by atoms with Gasteiger partial charge in [0.1, 0.15) is 4.88 Å². The van der Waals surface area contributed by atoms with Crippen LogP contribution in [-0.4, -0.2) is 41.2 Å². The molecule has 0 radical (unpaired) electrons. The van der Waals surface area contributed by atoms with Crippen LogP contribution in [0.15, 0.2) is 0 Å². The molecule has 1 saturated carbocycles. The maximum Gasteiger partial charge on any atom is 0.347 e. The van der Waals surface area contributed by atoms with Crippen molar-refractivity contribution in [1.29, 1.82) is 0 Å². The molecule has 0 saturated heterocycles. The SMILES string of the molecule is CSCC(C)N(C)c1nc(C2CC2)c(C(=O)O)s1. The largest absolute Gasteiger partial charge is 0.477 e. The summed E-state index contributed by atoms with van der Waals surface area (Å²) in [4.78, 5) is 18.3. The first-order valence-electron chi connectivity index (χ1n) is 6.00. The highest BCUT2D eigenvalue weighted by molar-refractivity contribution is 7.98. The van der Waals surface area contributed by atoms with E-state index in [0.29, 0.717) is 16.8 Å². The van der Waals surface area contributed by atoms with E-state index in [2.05, 4.69) is 23.1 Å². The van der Waals surface area contributed by atoms with Crippen LogP contribution in [0.25, 0.3) is 0 Å². The van der Waals surface area contributed by atoms with E-state index in [1.165, 1.54) is 11.3 Å². The Kier molecular flexibility index (Phi) is 4.17. The van der Waals surface area contributed by atoms with Crippen molar-refractivity contribution in [3.05, 3.63) is 10.6 Å². The highest BCUT2D eigenvalue weighted by Crippen LogP contribution is 2.44. The fourth-order valence-electron chi connectivity index (χ4n) is 1.80. The highest BCUT2D eigenvalue weighted by atomic mass is 32.2. The second kappa shape index (κ2) is 5.48. The van der Waals surface area contributed by atoms with Crippen LogP contribution in [0.5, 0.6) is 0 Å². The molecule has 2 rings (SSSR count). The number of carbonyl (C=O) groups is 1. The predicted molar refractivity (Wildman–Crippen MR) is 77.3 cm³/mol. The lowest BCUT2D eigenvalue weighted by molar-refractivity contribution is 0.0700.